The zero-order chi connectivity index (χ0) is 16.8. The van der Waals surface area contributed by atoms with Gasteiger partial charge in [0.1, 0.15) is 0 Å². The highest BCUT2D eigenvalue weighted by molar-refractivity contribution is 5.83. The third-order valence-corrected chi connectivity index (χ3v) is 5.62. The van der Waals surface area contributed by atoms with Gasteiger partial charge in [0.25, 0.3) is 0 Å². The zero-order valence-corrected chi connectivity index (χ0v) is 15.1. The summed E-state index contributed by atoms with van der Waals surface area (Å²) >= 11 is 0. The van der Waals surface area contributed by atoms with E-state index in [9.17, 15) is 5.11 Å². The Morgan fingerprint density at radius 2 is 1.92 bits per heavy atom. The van der Waals surface area contributed by atoms with Crippen molar-refractivity contribution in [1.29, 1.82) is 0 Å². The fourth-order valence-corrected chi connectivity index (χ4v) is 4.08. The molecule has 0 unspecified atom stereocenters. The van der Waals surface area contributed by atoms with E-state index in [4.69, 9.17) is 0 Å². The topological polar surface area (TPSA) is 28.4 Å². The van der Waals surface area contributed by atoms with Gasteiger partial charge in [-0.2, -0.15) is 0 Å². The van der Waals surface area contributed by atoms with Crippen molar-refractivity contribution in [3.63, 3.8) is 0 Å². The summed E-state index contributed by atoms with van der Waals surface area (Å²) in [5.41, 5.74) is 2.28. The number of aromatic nitrogens is 1. The number of rotatable bonds is 8. The molecular weight excluding hydrogens is 296 g/mol. The molecule has 2 heterocycles. The van der Waals surface area contributed by atoms with Gasteiger partial charge in [0, 0.05) is 23.6 Å². The van der Waals surface area contributed by atoms with Crippen LogP contribution in [0.25, 0.3) is 10.9 Å². The van der Waals surface area contributed by atoms with Crippen molar-refractivity contribution in [2.45, 2.75) is 58.6 Å². The molecule has 1 aromatic carbocycles. The first-order valence-corrected chi connectivity index (χ1v) is 9.71. The summed E-state index contributed by atoms with van der Waals surface area (Å²) in [6.07, 6.45) is 10.3. The SMILES string of the molecule is CCCCC1CCN(CCCn2ccc3c(CO)cccc32)CC1. The Kier molecular flexibility index (Phi) is 6.33. The van der Waals surface area contributed by atoms with E-state index < -0.39 is 0 Å². The number of aryl methyl sites for hydroxylation is 1. The van der Waals surface area contributed by atoms with Crippen molar-refractivity contribution in [2.75, 3.05) is 19.6 Å². The Balaban J connectivity index is 1.46. The Labute approximate surface area is 146 Å². The highest BCUT2D eigenvalue weighted by Gasteiger charge is 2.18. The van der Waals surface area contributed by atoms with E-state index >= 15 is 0 Å². The van der Waals surface area contributed by atoms with E-state index in [1.165, 1.54) is 69.1 Å². The first-order chi connectivity index (χ1) is 11.8. The lowest BCUT2D eigenvalue weighted by atomic mass is 9.91. The first kappa shape index (κ1) is 17.5. The van der Waals surface area contributed by atoms with Crippen molar-refractivity contribution in [3.8, 4) is 0 Å². The Morgan fingerprint density at radius 3 is 2.67 bits per heavy atom. The van der Waals surface area contributed by atoms with Crippen LogP contribution < -0.4 is 0 Å². The van der Waals surface area contributed by atoms with E-state index in [-0.39, 0.29) is 6.61 Å². The predicted molar refractivity (Wildman–Crippen MR) is 101 cm³/mol. The minimum absolute atomic E-state index is 0.119. The summed E-state index contributed by atoms with van der Waals surface area (Å²) < 4.78 is 2.34. The number of fused-ring (bicyclic) bond motifs is 1. The molecule has 0 saturated carbocycles. The average Bonchev–Trinajstić information content (AvgIpc) is 3.04. The van der Waals surface area contributed by atoms with Crippen molar-refractivity contribution in [2.24, 2.45) is 5.92 Å². The molecule has 1 aliphatic heterocycles. The van der Waals surface area contributed by atoms with Gasteiger partial charge in [-0.25, -0.2) is 0 Å². The number of nitrogens with zero attached hydrogens (tertiary/aromatic N) is 2. The molecule has 1 N–H and O–H groups in total. The number of likely N-dealkylation sites (tertiary alicyclic amines) is 1. The molecular formula is C21H32N2O. The summed E-state index contributed by atoms with van der Waals surface area (Å²) in [5, 5.41) is 10.6. The van der Waals surface area contributed by atoms with Gasteiger partial charge in [-0.15, -0.1) is 0 Å². The molecule has 0 amide bonds. The fourth-order valence-electron chi connectivity index (χ4n) is 4.08. The summed E-state index contributed by atoms with van der Waals surface area (Å²) in [6.45, 7) is 7.26. The van der Waals surface area contributed by atoms with Gasteiger partial charge in [-0.1, -0.05) is 38.3 Å². The van der Waals surface area contributed by atoms with E-state index in [1.807, 2.05) is 12.1 Å². The molecule has 0 atom stereocenters. The van der Waals surface area contributed by atoms with Gasteiger partial charge in [0.15, 0.2) is 0 Å². The Bertz CT molecular complexity index is 626. The van der Waals surface area contributed by atoms with Gasteiger partial charge < -0.3 is 14.6 Å². The minimum atomic E-state index is 0.119. The predicted octanol–water partition coefficient (Wildman–Crippen LogP) is 4.43. The van der Waals surface area contributed by atoms with Gasteiger partial charge in [-0.3, -0.25) is 0 Å². The van der Waals surface area contributed by atoms with E-state index in [0.29, 0.717) is 0 Å². The van der Waals surface area contributed by atoms with Crippen LogP contribution in [0.15, 0.2) is 30.5 Å². The number of benzene rings is 1. The van der Waals surface area contributed by atoms with Crippen molar-refractivity contribution in [1.82, 2.24) is 9.47 Å². The van der Waals surface area contributed by atoms with Gasteiger partial charge in [0.05, 0.1) is 6.61 Å². The summed E-state index contributed by atoms with van der Waals surface area (Å²) in [7, 11) is 0. The molecule has 3 heteroatoms. The van der Waals surface area contributed by atoms with Crippen LogP contribution in [0.2, 0.25) is 0 Å². The third kappa shape index (κ3) is 4.20. The van der Waals surface area contributed by atoms with Crippen LogP contribution in [-0.2, 0) is 13.2 Å². The number of hydrogen-bond donors (Lipinski definition) is 1. The molecule has 0 radical (unpaired) electrons. The molecule has 1 aliphatic rings. The van der Waals surface area contributed by atoms with Crippen LogP contribution >= 0.6 is 0 Å². The lowest BCUT2D eigenvalue weighted by Gasteiger charge is -2.32. The molecule has 1 saturated heterocycles. The normalized spacial score (nSPS) is 16.9. The second-order valence-electron chi connectivity index (χ2n) is 7.30. The Morgan fingerprint density at radius 1 is 1.08 bits per heavy atom. The van der Waals surface area contributed by atoms with Crippen LogP contribution in [0.5, 0.6) is 0 Å². The average molecular weight is 329 g/mol. The Hall–Kier alpha value is -1.32. The van der Waals surface area contributed by atoms with E-state index in [0.717, 1.165) is 18.0 Å². The number of piperidine rings is 1. The van der Waals surface area contributed by atoms with Crippen molar-refractivity contribution >= 4 is 10.9 Å². The molecule has 0 aliphatic carbocycles. The van der Waals surface area contributed by atoms with Gasteiger partial charge in [-0.05, 0) is 62.5 Å². The zero-order valence-electron chi connectivity index (χ0n) is 15.1. The maximum Gasteiger partial charge on any atom is 0.0688 e. The second-order valence-corrected chi connectivity index (χ2v) is 7.30. The third-order valence-electron chi connectivity index (χ3n) is 5.62. The summed E-state index contributed by atoms with van der Waals surface area (Å²) in [4.78, 5) is 2.65. The maximum atomic E-state index is 9.45. The lowest BCUT2D eigenvalue weighted by Crippen LogP contribution is -2.34. The van der Waals surface area contributed by atoms with Crippen LogP contribution in [0, 0.1) is 5.92 Å². The quantitative estimate of drug-likeness (QED) is 0.776. The standard InChI is InChI=1S/C21H32N2O/c1-2-3-6-18-9-14-22(15-10-18)12-5-13-23-16-11-20-19(17-24)7-4-8-21(20)23/h4,7-8,11,16,18,24H,2-3,5-6,9-10,12-15,17H2,1H3. The second kappa shape index (κ2) is 8.68. The molecule has 132 valence electrons. The van der Waals surface area contributed by atoms with Crippen LogP contribution in [0.4, 0.5) is 0 Å². The summed E-state index contributed by atoms with van der Waals surface area (Å²) in [5.74, 6) is 0.978. The fraction of sp³-hybridized carbons (Fsp3) is 0.619. The molecule has 3 nitrogen and oxygen atoms in total. The number of aliphatic hydroxyl groups is 1. The largest absolute Gasteiger partial charge is 0.392 e. The monoisotopic (exact) mass is 328 g/mol. The number of aliphatic hydroxyl groups excluding tert-OH is 1. The van der Waals surface area contributed by atoms with Gasteiger partial charge >= 0.3 is 0 Å². The van der Waals surface area contributed by atoms with E-state index in [1.54, 1.807) is 0 Å². The molecule has 1 aromatic heterocycles. The molecule has 2 aromatic rings. The molecule has 3 rings (SSSR count). The highest BCUT2D eigenvalue weighted by atomic mass is 16.3. The molecule has 0 bridgehead atoms. The molecule has 24 heavy (non-hydrogen) atoms. The van der Waals surface area contributed by atoms with Gasteiger partial charge in [0.2, 0.25) is 0 Å². The maximum absolute atomic E-state index is 9.45. The van der Waals surface area contributed by atoms with Crippen LogP contribution in [-0.4, -0.2) is 34.2 Å². The van der Waals surface area contributed by atoms with Crippen molar-refractivity contribution in [3.05, 3.63) is 36.0 Å². The highest BCUT2D eigenvalue weighted by Crippen LogP contribution is 2.23. The number of unbranched alkanes of at least 4 members (excludes halogenated alkanes) is 1. The molecule has 1 fully saturated rings. The van der Waals surface area contributed by atoms with Crippen LogP contribution in [0.1, 0.15) is 51.0 Å². The van der Waals surface area contributed by atoms with E-state index in [2.05, 4.69) is 34.7 Å². The molecule has 0 spiro atoms. The van der Waals surface area contributed by atoms with Crippen LogP contribution in [0.3, 0.4) is 0 Å². The first-order valence-electron chi connectivity index (χ1n) is 9.71. The minimum Gasteiger partial charge on any atom is -0.392 e. The van der Waals surface area contributed by atoms with Crippen molar-refractivity contribution < 1.29 is 5.11 Å². The lowest BCUT2D eigenvalue weighted by molar-refractivity contribution is 0.174. The number of hydrogen-bond acceptors (Lipinski definition) is 2. The summed E-state index contributed by atoms with van der Waals surface area (Å²) in [6, 6.07) is 8.36. The smallest absolute Gasteiger partial charge is 0.0688 e.